The molecule has 0 atom stereocenters. The normalized spacial score (nSPS) is 10.0. The van der Waals surface area contributed by atoms with Crippen molar-refractivity contribution in [1.29, 1.82) is 0 Å². The number of carboxylic acid groups (broad SMARTS) is 1. The summed E-state index contributed by atoms with van der Waals surface area (Å²) in [5, 5.41) is 18.1. The molecule has 3 N–H and O–H groups in total. The second-order valence-electron chi connectivity index (χ2n) is 1.31. The fraction of sp³-hybridized carbons (Fsp3) is 0.500. The van der Waals surface area contributed by atoms with E-state index in [2.05, 4.69) is 30.2 Å². The van der Waals surface area contributed by atoms with E-state index in [9.17, 15) is 9.90 Å². The molecule has 0 heterocycles. The van der Waals surface area contributed by atoms with Gasteiger partial charge in [-0.3, -0.25) is 9.79 Å². The summed E-state index contributed by atoms with van der Waals surface area (Å²) in [4.78, 5) is 12.8. The fourth-order valence-electron chi connectivity index (χ4n) is 0.220. The molecule has 0 aliphatic heterocycles. The minimum atomic E-state index is -1.13. The van der Waals surface area contributed by atoms with Gasteiger partial charge in [0.2, 0.25) is 0 Å². The third kappa shape index (κ3) is 12.8. The summed E-state index contributed by atoms with van der Waals surface area (Å²) in [7, 11) is 4.20. The summed E-state index contributed by atoms with van der Waals surface area (Å²) in [6.07, 6.45) is 0. The molecule has 0 saturated heterocycles. The van der Waals surface area contributed by atoms with Crippen molar-refractivity contribution < 1.29 is 30.1 Å². The molecular weight excluding hydrogens is 223 g/mol. The summed E-state index contributed by atoms with van der Waals surface area (Å²) < 4.78 is 0. The average Bonchev–Trinajstić information content (AvgIpc) is 2.04. The van der Waals surface area contributed by atoms with Crippen molar-refractivity contribution in [3.63, 3.8) is 0 Å². The van der Waals surface area contributed by atoms with Crippen LogP contribution in [-0.2, 0) is 19.9 Å². The molecule has 0 aromatic carbocycles. The Hall–Kier alpha value is -0.291. The van der Waals surface area contributed by atoms with Gasteiger partial charge in [-0.15, -0.1) is 0 Å². The van der Waals surface area contributed by atoms with Gasteiger partial charge in [0.1, 0.15) is 6.54 Å². The monoisotopic (exact) mass is 229 g/mol. The van der Waals surface area contributed by atoms with Gasteiger partial charge in [-0.2, -0.15) is 0 Å². The van der Waals surface area contributed by atoms with Crippen LogP contribution >= 0.6 is 10.1 Å². The second-order valence-corrected chi connectivity index (χ2v) is 1.31. The average molecular weight is 230 g/mol. The molecule has 0 bridgehead atoms. The number of hydrogen-bond donors (Lipinski definition) is 2. The van der Waals surface area contributed by atoms with Crippen LogP contribution in [-0.4, -0.2) is 30.1 Å². The van der Waals surface area contributed by atoms with E-state index < -0.39 is 18.4 Å². The molecule has 0 aromatic heterocycles. The van der Waals surface area contributed by atoms with Crippen LogP contribution in [0.5, 0.6) is 0 Å². The first-order valence-electron chi connectivity index (χ1n) is 2.40. The quantitative estimate of drug-likeness (QED) is 0.349. The molecule has 0 unspecified atom stereocenters. The molecule has 0 rings (SSSR count). The summed E-state index contributed by atoms with van der Waals surface area (Å²) >= 11 is 3.66. The van der Waals surface area contributed by atoms with Crippen molar-refractivity contribution in [3.05, 3.63) is 0 Å². The number of nitrogens with zero attached hydrogens (tertiary/aromatic N) is 1. The maximum absolute atomic E-state index is 10.2. The van der Waals surface area contributed by atoms with Crippen molar-refractivity contribution in [2.75, 3.05) is 13.1 Å². The van der Waals surface area contributed by atoms with Gasteiger partial charge in [-0.1, -0.05) is 0 Å². The van der Waals surface area contributed by atoms with Crippen molar-refractivity contribution in [1.82, 2.24) is 0 Å². The van der Waals surface area contributed by atoms with E-state index in [4.69, 9.17) is 10.8 Å². The Bertz CT molecular complexity index is 141. The summed E-state index contributed by atoms with van der Waals surface area (Å²) in [5.74, 6) is -1.71. The zero-order chi connectivity index (χ0) is 9.28. The Morgan fingerprint density at radius 2 is 2.18 bits per heavy atom. The molecule has 0 aromatic rings. The minimum absolute atomic E-state index is 0.229. The maximum atomic E-state index is 10.2. The van der Waals surface area contributed by atoms with Gasteiger partial charge in [0, 0.05) is 6.54 Å². The predicted octanol–water partition coefficient (Wildman–Crippen LogP) is -1.52. The van der Waals surface area contributed by atoms with Crippen LogP contribution < -0.4 is 10.8 Å². The van der Waals surface area contributed by atoms with Crippen LogP contribution in [0.25, 0.3) is 0 Å². The summed E-state index contributed by atoms with van der Waals surface area (Å²) in [5.41, 5.74) is 4.82. The van der Waals surface area contributed by atoms with Gasteiger partial charge in [0.15, 0.2) is 0 Å². The first-order chi connectivity index (χ1) is 5.16. The van der Waals surface area contributed by atoms with E-state index >= 15 is 0 Å². The van der Waals surface area contributed by atoms with Crippen LogP contribution in [0.4, 0.5) is 0 Å². The topological polar surface area (TPSA) is 98.7 Å². The molecule has 0 fully saturated rings. The van der Waals surface area contributed by atoms with E-state index in [0.29, 0.717) is 0 Å². The number of aliphatic carboxylic acids is 1. The number of aliphatic imine (C=N–C) groups is 1. The zero-order valence-electron chi connectivity index (χ0n) is 5.38. The second kappa shape index (κ2) is 9.71. The molecule has 0 aliphatic rings. The van der Waals surface area contributed by atoms with Crippen LogP contribution in [0.15, 0.2) is 4.99 Å². The number of nitrogens with two attached hydrogens (primary N) is 1. The van der Waals surface area contributed by atoms with Crippen LogP contribution in [0.2, 0.25) is 0 Å². The van der Waals surface area contributed by atoms with Gasteiger partial charge < -0.3 is 15.9 Å². The molecule has 11 heavy (non-hydrogen) atoms. The summed E-state index contributed by atoms with van der Waals surface area (Å²) in [6, 6.07) is 0. The molecule has 0 amide bonds. The number of rotatable bonds is 3. The Kier molecular flexibility index (Phi) is 11.7. The molecule has 5 nitrogen and oxygen atoms in total. The zero-order valence-corrected chi connectivity index (χ0v) is 7.08. The number of carbonyl (C=O) groups is 1. The standard InChI is InChI=1S/C4H8N2O3.ClH.Cu/c5-1-3(7)6-2-4(8)9;;/h1-2,5H2,(H,6,7)(H,8,9);1H;/q;;+2/p-2. The van der Waals surface area contributed by atoms with Crippen LogP contribution in [0.3, 0.4) is 0 Å². The van der Waals surface area contributed by atoms with Gasteiger partial charge in [0.25, 0.3) is 0 Å². The number of halogens is 1. The fourth-order valence-corrected chi connectivity index (χ4v) is 0.220. The first-order valence-corrected chi connectivity index (χ1v) is 3.70. The van der Waals surface area contributed by atoms with Crippen molar-refractivity contribution in [2.45, 2.75) is 0 Å². The van der Waals surface area contributed by atoms with E-state index in [1.165, 1.54) is 0 Å². The summed E-state index contributed by atoms with van der Waals surface area (Å²) in [6.45, 7) is -0.719. The van der Waals surface area contributed by atoms with Crippen molar-refractivity contribution in [3.8, 4) is 0 Å². The van der Waals surface area contributed by atoms with E-state index in [1.807, 2.05) is 0 Å². The van der Waals surface area contributed by atoms with Crippen LogP contribution in [0.1, 0.15) is 0 Å². The SMILES string of the molecule is NCC([O-])=NCC(=O)O.[Cl][Cu+]. The van der Waals surface area contributed by atoms with Gasteiger partial charge in [0.05, 0.1) is 0 Å². The Balaban J connectivity index is 0. The molecule has 0 radical (unpaired) electrons. The van der Waals surface area contributed by atoms with Crippen LogP contribution in [0, 0.1) is 0 Å². The van der Waals surface area contributed by atoms with E-state index in [-0.39, 0.29) is 6.54 Å². The molecule has 69 valence electrons. The number of carboxylic acids is 1. The van der Waals surface area contributed by atoms with Crippen molar-refractivity contribution in [2.24, 2.45) is 10.7 Å². The third-order valence-electron chi connectivity index (χ3n) is 0.565. The Morgan fingerprint density at radius 3 is 2.45 bits per heavy atom. The molecule has 7 heteroatoms. The van der Waals surface area contributed by atoms with Gasteiger partial charge in [-0.05, 0) is 5.90 Å². The van der Waals surface area contributed by atoms with E-state index in [0.717, 1.165) is 0 Å². The molecule has 0 saturated carbocycles. The molecule has 0 aliphatic carbocycles. The van der Waals surface area contributed by atoms with Gasteiger partial charge in [-0.25, -0.2) is 0 Å². The first kappa shape index (κ1) is 13.3. The third-order valence-corrected chi connectivity index (χ3v) is 0.565. The Labute approximate surface area is 76.3 Å². The van der Waals surface area contributed by atoms with Gasteiger partial charge >= 0.3 is 31.2 Å². The Morgan fingerprint density at radius 1 is 1.73 bits per heavy atom. The van der Waals surface area contributed by atoms with Crippen molar-refractivity contribution >= 4 is 22.0 Å². The van der Waals surface area contributed by atoms with E-state index in [1.54, 1.807) is 0 Å². The molecule has 0 spiro atoms. The predicted molar refractivity (Wildman–Crippen MR) is 34.8 cm³/mol. The molecular formula is C4H7ClCuN2O3. The number of hydrogen-bond acceptors (Lipinski definition) is 4.